The summed E-state index contributed by atoms with van der Waals surface area (Å²) in [7, 11) is 0. The molecule has 8 N–H and O–H groups in total. The fourth-order valence-corrected chi connectivity index (χ4v) is 2.13. The van der Waals surface area contributed by atoms with Crippen LogP contribution in [0.4, 0.5) is 0 Å². The molecule has 1 rings (SSSR count). The number of carbonyl (C=O) groups is 2. The Hall–Kier alpha value is -1.34. The zero-order valence-electron chi connectivity index (χ0n) is 11.4. The van der Waals surface area contributed by atoms with Crippen molar-refractivity contribution < 1.29 is 50.1 Å². The Bertz CT molecular complexity index is 418. The molecule has 22 heavy (non-hydrogen) atoms. The van der Waals surface area contributed by atoms with E-state index in [1.54, 1.807) is 0 Å². The number of aliphatic hydroxyl groups is 6. The van der Waals surface area contributed by atoms with E-state index in [-0.39, 0.29) is 0 Å². The van der Waals surface area contributed by atoms with Crippen molar-refractivity contribution in [1.29, 1.82) is 0 Å². The van der Waals surface area contributed by atoms with Gasteiger partial charge in [-0.05, 0) is 0 Å². The van der Waals surface area contributed by atoms with Crippen LogP contribution in [0.25, 0.3) is 0 Å². The van der Waals surface area contributed by atoms with Gasteiger partial charge in [-0.15, -0.1) is 0 Å². The largest absolute Gasteiger partial charge is 0.477 e. The van der Waals surface area contributed by atoms with E-state index in [1.807, 2.05) is 0 Å². The second-order valence-electron chi connectivity index (χ2n) is 4.94. The third-order valence-corrected chi connectivity index (χ3v) is 3.31. The second kappa shape index (κ2) is 7.28. The maximum absolute atomic E-state index is 11.2. The predicted octanol–water partition coefficient (Wildman–Crippen LogP) is -4.90. The first-order valence-corrected chi connectivity index (χ1v) is 6.35. The molecule has 11 heteroatoms. The Balaban J connectivity index is 3.07. The summed E-state index contributed by atoms with van der Waals surface area (Å²) in [6.45, 7) is -1.86. The summed E-state index contributed by atoms with van der Waals surface area (Å²) in [5.41, 5.74) is 0. The number of ether oxygens (including phenoxy) is 1. The average Bonchev–Trinajstić information content (AvgIpc) is 2.47. The number of amides is 1. The zero-order valence-corrected chi connectivity index (χ0v) is 11.4. The van der Waals surface area contributed by atoms with Crippen LogP contribution in [-0.4, -0.2) is 97.1 Å². The monoisotopic (exact) mass is 325 g/mol. The minimum absolute atomic E-state index is 0.822. The fourth-order valence-electron chi connectivity index (χ4n) is 2.13. The molecule has 0 bridgehead atoms. The summed E-state index contributed by atoms with van der Waals surface area (Å²) >= 11 is 0. The molecule has 0 spiro atoms. The lowest BCUT2D eigenvalue weighted by atomic mass is 9.88. The second-order valence-corrected chi connectivity index (χ2v) is 4.94. The van der Waals surface area contributed by atoms with Gasteiger partial charge in [0.25, 0.3) is 5.79 Å². The lowest BCUT2D eigenvalue weighted by Gasteiger charge is -2.44. The Morgan fingerprint density at radius 1 is 1.32 bits per heavy atom. The van der Waals surface area contributed by atoms with E-state index in [0.717, 1.165) is 0 Å². The van der Waals surface area contributed by atoms with Crippen molar-refractivity contribution in [3.63, 3.8) is 0 Å². The standard InChI is InChI=1S/C11H19NO10/c13-2-5(16)8(18)9-7(12-6(17)3-14)4(15)1-11(21,22-9)10(19)20/h4-5,7-9,13-16,18,21H,1-3H2,(H,12,17)(H,19,20)/t4?,5-,7?,8?,9?,11-/m1/s1. The molecule has 4 unspecified atom stereocenters. The molecule has 1 saturated heterocycles. The van der Waals surface area contributed by atoms with Crippen LogP contribution >= 0.6 is 0 Å². The van der Waals surface area contributed by atoms with Gasteiger partial charge in [0.1, 0.15) is 24.9 Å². The highest BCUT2D eigenvalue weighted by atomic mass is 16.7. The SMILES string of the molecule is O=C(CO)NC1C(O)C[C@](O)(C(=O)O)OC1C(O)[C@H](O)CO. The number of carboxylic acids is 1. The molecule has 0 radical (unpaired) electrons. The van der Waals surface area contributed by atoms with E-state index < -0.39 is 67.8 Å². The van der Waals surface area contributed by atoms with Gasteiger partial charge in [-0.3, -0.25) is 4.79 Å². The van der Waals surface area contributed by atoms with Gasteiger partial charge in [0.2, 0.25) is 5.91 Å². The van der Waals surface area contributed by atoms with E-state index in [9.17, 15) is 30.0 Å². The van der Waals surface area contributed by atoms with Gasteiger partial charge in [-0.25, -0.2) is 4.79 Å². The molecule has 0 aromatic heterocycles. The summed E-state index contributed by atoms with van der Waals surface area (Å²) in [6, 6.07) is -1.42. The predicted molar refractivity (Wildman–Crippen MR) is 66.2 cm³/mol. The summed E-state index contributed by atoms with van der Waals surface area (Å²) in [5, 5.41) is 67.5. The zero-order chi connectivity index (χ0) is 17.1. The van der Waals surface area contributed by atoms with Crippen LogP contribution < -0.4 is 5.32 Å². The number of hydrogen-bond donors (Lipinski definition) is 8. The molecule has 11 nitrogen and oxygen atoms in total. The molecule has 1 fully saturated rings. The van der Waals surface area contributed by atoms with Gasteiger partial charge >= 0.3 is 5.97 Å². The molecule has 128 valence electrons. The van der Waals surface area contributed by atoms with Crippen molar-refractivity contribution in [3.05, 3.63) is 0 Å². The van der Waals surface area contributed by atoms with Gasteiger partial charge in [-0.2, -0.15) is 0 Å². The molecule has 0 aromatic carbocycles. The summed E-state index contributed by atoms with van der Waals surface area (Å²) in [4.78, 5) is 22.2. The van der Waals surface area contributed by atoms with Crippen LogP contribution in [0.5, 0.6) is 0 Å². The highest BCUT2D eigenvalue weighted by Crippen LogP contribution is 2.30. The van der Waals surface area contributed by atoms with Crippen LogP contribution in [0.3, 0.4) is 0 Å². The van der Waals surface area contributed by atoms with Crippen molar-refractivity contribution >= 4 is 11.9 Å². The van der Waals surface area contributed by atoms with Crippen LogP contribution in [0.1, 0.15) is 6.42 Å². The summed E-state index contributed by atoms with van der Waals surface area (Å²) < 4.78 is 4.83. The highest BCUT2D eigenvalue weighted by molar-refractivity contribution is 5.78. The molecule has 1 aliphatic heterocycles. The lowest BCUT2D eigenvalue weighted by Crippen LogP contribution is -2.67. The quantitative estimate of drug-likeness (QED) is 0.234. The van der Waals surface area contributed by atoms with Crippen molar-refractivity contribution in [1.82, 2.24) is 5.32 Å². The van der Waals surface area contributed by atoms with Crippen LogP contribution in [-0.2, 0) is 14.3 Å². The van der Waals surface area contributed by atoms with Crippen LogP contribution in [0.2, 0.25) is 0 Å². The van der Waals surface area contributed by atoms with Crippen molar-refractivity contribution in [2.24, 2.45) is 0 Å². The van der Waals surface area contributed by atoms with E-state index in [2.05, 4.69) is 5.32 Å². The van der Waals surface area contributed by atoms with Crippen LogP contribution in [0, 0.1) is 0 Å². The molecule has 1 aliphatic rings. The maximum atomic E-state index is 11.2. The third-order valence-electron chi connectivity index (χ3n) is 3.31. The topological polar surface area (TPSA) is 197 Å². The maximum Gasteiger partial charge on any atom is 0.364 e. The van der Waals surface area contributed by atoms with Crippen molar-refractivity contribution in [2.75, 3.05) is 13.2 Å². The molecule has 0 aromatic rings. The number of nitrogens with one attached hydrogen (secondary N) is 1. The minimum Gasteiger partial charge on any atom is -0.477 e. The first-order chi connectivity index (χ1) is 10.2. The average molecular weight is 325 g/mol. The number of aliphatic hydroxyl groups excluding tert-OH is 5. The molecule has 0 saturated carbocycles. The normalized spacial score (nSPS) is 34.7. The Morgan fingerprint density at radius 3 is 2.36 bits per heavy atom. The number of carbonyl (C=O) groups excluding carboxylic acids is 1. The van der Waals surface area contributed by atoms with E-state index >= 15 is 0 Å². The first kappa shape index (κ1) is 18.7. The minimum atomic E-state index is -2.85. The van der Waals surface area contributed by atoms with Gasteiger partial charge in [0.05, 0.1) is 18.8 Å². The molecule has 6 atom stereocenters. The van der Waals surface area contributed by atoms with Crippen molar-refractivity contribution in [2.45, 2.75) is 42.7 Å². The first-order valence-electron chi connectivity index (χ1n) is 6.35. The Morgan fingerprint density at radius 2 is 1.91 bits per heavy atom. The van der Waals surface area contributed by atoms with Gasteiger partial charge < -0.3 is 45.8 Å². The van der Waals surface area contributed by atoms with E-state index in [1.165, 1.54) is 0 Å². The smallest absolute Gasteiger partial charge is 0.364 e. The number of rotatable bonds is 6. The molecule has 1 amide bonds. The van der Waals surface area contributed by atoms with E-state index in [4.69, 9.17) is 20.1 Å². The summed E-state index contributed by atoms with van der Waals surface area (Å²) in [5.74, 6) is -5.64. The number of carboxylic acid groups (broad SMARTS) is 1. The molecule has 0 aliphatic carbocycles. The molecule has 1 heterocycles. The van der Waals surface area contributed by atoms with Gasteiger partial charge in [-0.1, -0.05) is 0 Å². The Labute approximate surface area is 124 Å². The van der Waals surface area contributed by atoms with Crippen molar-refractivity contribution in [3.8, 4) is 0 Å². The third kappa shape index (κ3) is 3.89. The Kier molecular flexibility index (Phi) is 6.19. The summed E-state index contributed by atoms with van der Waals surface area (Å²) in [6.07, 6.45) is -7.92. The molecular formula is C11H19NO10. The van der Waals surface area contributed by atoms with Gasteiger partial charge in [0, 0.05) is 6.42 Å². The van der Waals surface area contributed by atoms with E-state index in [0.29, 0.717) is 0 Å². The van der Waals surface area contributed by atoms with Crippen LogP contribution in [0.15, 0.2) is 0 Å². The highest BCUT2D eigenvalue weighted by Gasteiger charge is 2.53. The fraction of sp³-hybridized carbons (Fsp3) is 0.818. The number of aliphatic carboxylic acids is 1. The van der Waals surface area contributed by atoms with Gasteiger partial charge in [0.15, 0.2) is 0 Å². The molecular weight excluding hydrogens is 306 g/mol. The number of hydrogen-bond acceptors (Lipinski definition) is 9. The lowest BCUT2D eigenvalue weighted by molar-refractivity contribution is -0.295.